The summed E-state index contributed by atoms with van der Waals surface area (Å²) < 4.78 is 5.16. The Labute approximate surface area is 114 Å². The van der Waals surface area contributed by atoms with Gasteiger partial charge in [0, 0.05) is 12.1 Å². The van der Waals surface area contributed by atoms with Crippen LogP contribution < -0.4 is 10.6 Å². The molecule has 7 heteroatoms. The standard InChI is InChI=1S/C12H13ClN2O4/c13-8-5-7(11(14)16)1-2-9(8)15-3-4-19-6-10(15)12(17)18/h1-2,5,10H,3-4,6H2,(H2,14,16)(H,17,18). The average Bonchev–Trinajstić information content (AvgIpc) is 2.38. The van der Waals surface area contributed by atoms with Gasteiger partial charge in [0.1, 0.15) is 0 Å². The highest BCUT2D eigenvalue weighted by Crippen LogP contribution is 2.29. The number of aliphatic carboxylic acids is 1. The Morgan fingerprint density at radius 1 is 1.47 bits per heavy atom. The molecular formula is C12H13ClN2O4. The zero-order valence-electron chi connectivity index (χ0n) is 10.0. The molecule has 102 valence electrons. The number of rotatable bonds is 3. The van der Waals surface area contributed by atoms with Crippen molar-refractivity contribution in [2.45, 2.75) is 6.04 Å². The molecule has 1 amide bonds. The first-order valence-electron chi connectivity index (χ1n) is 5.67. The van der Waals surface area contributed by atoms with Crippen LogP contribution >= 0.6 is 11.6 Å². The van der Waals surface area contributed by atoms with Crippen molar-refractivity contribution in [1.82, 2.24) is 0 Å². The van der Waals surface area contributed by atoms with Crippen LogP contribution in [0, 0.1) is 0 Å². The average molecular weight is 285 g/mol. The monoisotopic (exact) mass is 284 g/mol. The van der Waals surface area contributed by atoms with Crippen LogP contribution in [-0.2, 0) is 9.53 Å². The molecule has 0 aromatic heterocycles. The molecule has 1 aliphatic heterocycles. The predicted octanol–water partition coefficient (Wildman–Crippen LogP) is 0.729. The van der Waals surface area contributed by atoms with Crippen molar-refractivity contribution >= 4 is 29.2 Å². The van der Waals surface area contributed by atoms with Crippen molar-refractivity contribution in [3.63, 3.8) is 0 Å². The largest absolute Gasteiger partial charge is 0.480 e. The van der Waals surface area contributed by atoms with Gasteiger partial charge in [0.15, 0.2) is 6.04 Å². The van der Waals surface area contributed by atoms with E-state index in [1.165, 1.54) is 12.1 Å². The third kappa shape index (κ3) is 2.80. The van der Waals surface area contributed by atoms with Crippen LogP contribution in [0.5, 0.6) is 0 Å². The van der Waals surface area contributed by atoms with Gasteiger partial charge in [-0.3, -0.25) is 4.79 Å². The molecule has 1 aliphatic rings. The SMILES string of the molecule is NC(=O)c1ccc(N2CCOCC2C(=O)O)c(Cl)c1. The fourth-order valence-electron chi connectivity index (χ4n) is 1.99. The molecule has 1 atom stereocenters. The molecule has 0 bridgehead atoms. The third-order valence-corrected chi connectivity index (χ3v) is 3.26. The number of nitrogens with two attached hydrogens (primary N) is 1. The summed E-state index contributed by atoms with van der Waals surface area (Å²) >= 11 is 6.09. The van der Waals surface area contributed by atoms with E-state index in [-0.39, 0.29) is 12.2 Å². The number of hydrogen-bond acceptors (Lipinski definition) is 4. The number of carbonyl (C=O) groups is 2. The lowest BCUT2D eigenvalue weighted by molar-refractivity contribution is -0.141. The molecule has 0 radical (unpaired) electrons. The van der Waals surface area contributed by atoms with Gasteiger partial charge in [-0.1, -0.05) is 11.6 Å². The van der Waals surface area contributed by atoms with Gasteiger partial charge in [0.2, 0.25) is 5.91 Å². The minimum absolute atomic E-state index is 0.100. The molecule has 6 nitrogen and oxygen atoms in total. The molecule has 0 spiro atoms. The van der Waals surface area contributed by atoms with Crippen molar-refractivity contribution in [2.75, 3.05) is 24.7 Å². The molecule has 0 saturated carbocycles. The number of ether oxygens (including phenoxy) is 1. The van der Waals surface area contributed by atoms with Crippen LogP contribution in [0.4, 0.5) is 5.69 Å². The smallest absolute Gasteiger partial charge is 0.328 e. The zero-order chi connectivity index (χ0) is 14.0. The van der Waals surface area contributed by atoms with Crippen LogP contribution in [0.3, 0.4) is 0 Å². The quantitative estimate of drug-likeness (QED) is 0.853. The lowest BCUT2D eigenvalue weighted by Crippen LogP contribution is -2.50. The summed E-state index contributed by atoms with van der Waals surface area (Å²) in [5.41, 5.74) is 6.01. The van der Waals surface area contributed by atoms with Crippen LogP contribution in [0.1, 0.15) is 10.4 Å². The van der Waals surface area contributed by atoms with Gasteiger partial charge in [-0.15, -0.1) is 0 Å². The first-order valence-corrected chi connectivity index (χ1v) is 6.05. The van der Waals surface area contributed by atoms with Crippen LogP contribution in [0.15, 0.2) is 18.2 Å². The third-order valence-electron chi connectivity index (χ3n) is 2.96. The highest BCUT2D eigenvalue weighted by Gasteiger charge is 2.30. The van der Waals surface area contributed by atoms with Gasteiger partial charge in [-0.05, 0) is 18.2 Å². The number of nitrogens with zero attached hydrogens (tertiary/aromatic N) is 1. The van der Waals surface area contributed by atoms with Crippen molar-refractivity contribution in [3.8, 4) is 0 Å². The van der Waals surface area contributed by atoms with Crippen molar-refractivity contribution < 1.29 is 19.4 Å². The number of benzene rings is 1. The van der Waals surface area contributed by atoms with E-state index in [2.05, 4.69) is 0 Å². The second-order valence-electron chi connectivity index (χ2n) is 4.15. The molecule has 3 N–H and O–H groups in total. The molecule has 1 heterocycles. The molecule has 1 aromatic carbocycles. The second kappa shape index (κ2) is 5.46. The number of hydrogen-bond donors (Lipinski definition) is 2. The van der Waals surface area contributed by atoms with Gasteiger partial charge in [-0.2, -0.15) is 0 Å². The summed E-state index contributed by atoms with van der Waals surface area (Å²) in [5, 5.41) is 9.46. The number of halogens is 1. The first-order chi connectivity index (χ1) is 9.00. The molecular weight excluding hydrogens is 272 g/mol. The number of carbonyl (C=O) groups excluding carboxylic acids is 1. The number of primary amides is 1. The summed E-state index contributed by atoms with van der Waals surface area (Å²) in [6, 6.07) is 3.78. The van der Waals surface area contributed by atoms with Gasteiger partial charge < -0.3 is 20.5 Å². The minimum atomic E-state index is -0.977. The van der Waals surface area contributed by atoms with Gasteiger partial charge in [0.25, 0.3) is 0 Å². The van der Waals surface area contributed by atoms with E-state index in [1.807, 2.05) is 0 Å². The predicted molar refractivity (Wildman–Crippen MR) is 69.6 cm³/mol. The molecule has 1 saturated heterocycles. The molecule has 1 aromatic rings. The summed E-state index contributed by atoms with van der Waals surface area (Å²) in [6.07, 6.45) is 0. The second-order valence-corrected chi connectivity index (χ2v) is 4.56. The van der Waals surface area contributed by atoms with E-state index < -0.39 is 17.9 Å². The fourth-order valence-corrected chi connectivity index (χ4v) is 2.28. The summed E-state index contributed by atoms with van der Waals surface area (Å²) in [6.45, 7) is 0.952. The maximum atomic E-state index is 11.2. The number of anilines is 1. The molecule has 0 aliphatic carbocycles. The molecule has 1 unspecified atom stereocenters. The number of amides is 1. The highest BCUT2D eigenvalue weighted by molar-refractivity contribution is 6.33. The van der Waals surface area contributed by atoms with Crippen molar-refractivity contribution in [2.24, 2.45) is 5.73 Å². The fraction of sp³-hybridized carbons (Fsp3) is 0.333. The summed E-state index contributed by atoms with van der Waals surface area (Å²) in [4.78, 5) is 23.9. The lowest BCUT2D eigenvalue weighted by Gasteiger charge is -2.35. The molecule has 1 fully saturated rings. The maximum absolute atomic E-state index is 11.2. The summed E-state index contributed by atoms with van der Waals surface area (Å²) in [7, 11) is 0. The Kier molecular flexibility index (Phi) is 3.92. The Morgan fingerprint density at radius 2 is 2.21 bits per heavy atom. The van der Waals surface area contributed by atoms with Crippen molar-refractivity contribution in [1.29, 1.82) is 0 Å². The number of morpholine rings is 1. The normalized spacial score (nSPS) is 19.2. The van der Waals surface area contributed by atoms with E-state index in [1.54, 1.807) is 11.0 Å². The Balaban J connectivity index is 2.34. The van der Waals surface area contributed by atoms with Crippen molar-refractivity contribution in [3.05, 3.63) is 28.8 Å². The zero-order valence-corrected chi connectivity index (χ0v) is 10.8. The van der Waals surface area contributed by atoms with Gasteiger partial charge in [0.05, 0.1) is 23.9 Å². The molecule has 2 rings (SSSR count). The summed E-state index contributed by atoms with van der Waals surface area (Å²) in [5.74, 6) is -1.56. The van der Waals surface area contributed by atoms with E-state index in [0.29, 0.717) is 23.9 Å². The lowest BCUT2D eigenvalue weighted by atomic mass is 10.1. The van der Waals surface area contributed by atoms with Crippen LogP contribution in [0.25, 0.3) is 0 Å². The topological polar surface area (TPSA) is 92.9 Å². The minimum Gasteiger partial charge on any atom is -0.480 e. The Hall–Kier alpha value is -1.79. The number of carboxylic acids is 1. The van der Waals surface area contributed by atoms with E-state index in [4.69, 9.17) is 27.2 Å². The van der Waals surface area contributed by atoms with E-state index in [0.717, 1.165) is 0 Å². The van der Waals surface area contributed by atoms with Crippen LogP contribution in [-0.4, -0.2) is 42.8 Å². The Bertz CT molecular complexity index is 520. The number of carboxylic acid groups (broad SMARTS) is 1. The Morgan fingerprint density at radius 3 is 2.79 bits per heavy atom. The van der Waals surface area contributed by atoms with E-state index >= 15 is 0 Å². The van der Waals surface area contributed by atoms with E-state index in [9.17, 15) is 9.59 Å². The van der Waals surface area contributed by atoms with Gasteiger partial charge >= 0.3 is 5.97 Å². The highest BCUT2D eigenvalue weighted by atomic mass is 35.5. The maximum Gasteiger partial charge on any atom is 0.328 e. The van der Waals surface area contributed by atoms with Gasteiger partial charge in [-0.25, -0.2) is 4.79 Å². The first kappa shape index (κ1) is 13.6. The molecule has 19 heavy (non-hydrogen) atoms. The van der Waals surface area contributed by atoms with Crippen LogP contribution in [0.2, 0.25) is 5.02 Å².